The summed E-state index contributed by atoms with van der Waals surface area (Å²) in [6.45, 7) is 1.45. The normalized spacial score (nSPS) is 12.2. The SMILES string of the molecule is CCS(=O)(=O)Oc1cccc(CN(Cc2ccco2)S(=O)(=O)c2ccc(Cl)cc2)c1. The molecule has 0 amide bonds. The summed E-state index contributed by atoms with van der Waals surface area (Å²) >= 11 is 5.88. The maximum absolute atomic E-state index is 13.2. The highest BCUT2D eigenvalue weighted by molar-refractivity contribution is 7.89. The summed E-state index contributed by atoms with van der Waals surface area (Å²) < 4.78 is 61.6. The molecule has 7 nitrogen and oxygen atoms in total. The van der Waals surface area contributed by atoms with Gasteiger partial charge >= 0.3 is 10.1 Å². The van der Waals surface area contributed by atoms with Crippen LogP contribution in [0.2, 0.25) is 5.02 Å². The lowest BCUT2D eigenvalue weighted by molar-refractivity contribution is 0.358. The summed E-state index contributed by atoms with van der Waals surface area (Å²) in [6.07, 6.45) is 1.46. The molecule has 0 unspecified atom stereocenters. The van der Waals surface area contributed by atoms with Gasteiger partial charge in [-0.1, -0.05) is 23.7 Å². The minimum Gasteiger partial charge on any atom is -0.468 e. The lowest BCUT2D eigenvalue weighted by Crippen LogP contribution is -2.30. The van der Waals surface area contributed by atoms with Crippen molar-refractivity contribution in [3.8, 4) is 5.75 Å². The van der Waals surface area contributed by atoms with E-state index in [2.05, 4.69) is 0 Å². The standard InChI is InChI=1S/C20H20ClNO6S2/c1-2-29(23,24)28-18-6-3-5-16(13-18)14-22(15-19-7-4-12-27-19)30(25,26)20-10-8-17(21)9-11-20/h3-13H,2,14-15H2,1H3. The number of hydrogen-bond acceptors (Lipinski definition) is 6. The third-order valence-electron chi connectivity index (χ3n) is 4.20. The summed E-state index contributed by atoms with van der Waals surface area (Å²) in [5.74, 6) is 0.414. The summed E-state index contributed by atoms with van der Waals surface area (Å²) in [6, 6.07) is 15.5. The van der Waals surface area contributed by atoms with Gasteiger partial charge in [-0.2, -0.15) is 12.7 Å². The molecule has 0 aliphatic rings. The maximum atomic E-state index is 13.2. The van der Waals surface area contributed by atoms with Gasteiger partial charge in [-0.05, 0) is 61.0 Å². The molecule has 0 atom stereocenters. The van der Waals surface area contributed by atoms with Crippen LogP contribution in [-0.2, 0) is 33.2 Å². The van der Waals surface area contributed by atoms with Gasteiger partial charge in [0, 0.05) is 11.6 Å². The van der Waals surface area contributed by atoms with Gasteiger partial charge in [-0.25, -0.2) is 8.42 Å². The van der Waals surface area contributed by atoms with Gasteiger partial charge in [0.1, 0.15) is 11.5 Å². The first-order valence-corrected chi connectivity index (χ1v) is 12.4. The third-order valence-corrected chi connectivity index (χ3v) is 7.41. The topological polar surface area (TPSA) is 93.9 Å². The smallest absolute Gasteiger partial charge is 0.308 e. The summed E-state index contributed by atoms with van der Waals surface area (Å²) in [7, 11) is -7.58. The van der Waals surface area contributed by atoms with E-state index in [1.165, 1.54) is 53.9 Å². The van der Waals surface area contributed by atoms with Crippen molar-refractivity contribution in [2.45, 2.75) is 24.9 Å². The van der Waals surface area contributed by atoms with Gasteiger partial charge in [0.2, 0.25) is 10.0 Å². The van der Waals surface area contributed by atoms with E-state index in [4.69, 9.17) is 20.2 Å². The number of benzene rings is 2. The quantitative estimate of drug-likeness (QED) is 0.439. The van der Waals surface area contributed by atoms with Crippen LogP contribution in [0.15, 0.2) is 76.2 Å². The average molecular weight is 470 g/mol. The highest BCUT2D eigenvalue weighted by Crippen LogP contribution is 2.24. The second-order valence-corrected chi connectivity index (χ2v) is 10.6. The molecule has 30 heavy (non-hydrogen) atoms. The largest absolute Gasteiger partial charge is 0.468 e. The van der Waals surface area contributed by atoms with E-state index in [0.717, 1.165) is 0 Å². The van der Waals surface area contributed by atoms with Crippen LogP contribution in [0, 0.1) is 0 Å². The van der Waals surface area contributed by atoms with Crippen LogP contribution in [-0.4, -0.2) is 26.9 Å². The lowest BCUT2D eigenvalue weighted by atomic mass is 10.2. The minimum absolute atomic E-state index is 0.00367. The van der Waals surface area contributed by atoms with Crippen LogP contribution < -0.4 is 4.18 Å². The first kappa shape index (κ1) is 22.4. The Kier molecular flexibility index (Phi) is 6.87. The Bertz CT molecular complexity index is 1190. The van der Waals surface area contributed by atoms with Gasteiger partial charge in [-0.3, -0.25) is 0 Å². The molecule has 0 radical (unpaired) electrons. The van der Waals surface area contributed by atoms with Crippen molar-refractivity contribution in [1.29, 1.82) is 0 Å². The fourth-order valence-electron chi connectivity index (χ4n) is 2.66. The number of halogens is 1. The molecule has 2 aromatic carbocycles. The summed E-state index contributed by atoms with van der Waals surface area (Å²) in [5.41, 5.74) is 0.558. The van der Waals surface area contributed by atoms with Crippen LogP contribution in [0.3, 0.4) is 0 Å². The number of nitrogens with zero attached hydrogens (tertiary/aromatic N) is 1. The molecule has 1 heterocycles. The zero-order valence-electron chi connectivity index (χ0n) is 16.1. The predicted molar refractivity (Wildman–Crippen MR) is 113 cm³/mol. The molecular weight excluding hydrogens is 450 g/mol. The van der Waals surface area contributed by atoms with Crippen molar-refractivity contribution in [3.05, 3.63) is 83.3 Å². The Balaban J connectivity index is 1.93. The Morgan fingerprint density at radius 1 is 0.967 bits per heavy atom. The molecule has 0 fully saturated rings. The number of furan rings is 1. The van der Waals surface area contributed by atoms with Crippen molar-refractivity contribution in [3.63, 3.8) is 0 Å². The molecule has 0 N–H and O–H groups in total. The van der Waals surface area contributed by atoms with Gasteiger partial charge in [0.25, 0.3) is 0 Å². The lowest BCUT2D eigenvalue weighted by Gasteiger charge is -2.22. The predicted octanol–water partition coefficient (Wildman–Crippen LogP) is 4.05. The van der Waals surface area contributed by atoms with Gasteiger partial charge in [-0.15, -0.1) is 0 Å². The van der Waals surface area contributed by atoms with Crippen LogP contribution in [0.1, 0.15) is 18.2 Å². The van der Waals surface area contributed by atoms with Crippen molar-refractivity contribution in [2.24, 2.45) is 0 Å². The van der Waals surface area contributed by atoms with Crippen LogP contribution in [0.4, 0.5) is 0 Å². The van der Waals surface area contributed by atoms with Gasteiger partial charge in [0.05, 0.1) is 23.5 Å². The molecule has 0 bridgehead atoms. The van der Waals surface area contributed by atoms with E-state index in [1.807, 2.05) is 0 Å². The molecule has 0 saturated carbocycles. The monoisotopic (exact) mass is 469 g/mol. The molecule has 3 aromatic rings. The van der Waals surface area contributed by atoms with E-state index in [0.29, 0.717) is 16.3 Å². The number of rotatable bonds is 9. The summed E-state index contributed by atoms with van der Waals surface area (Å²) in [4.78, 5) is 0.0828. The van der Waals surface area contributed by atoms with Crippen molar-refractivity contribution in [2.75, 3.05) is 5.75 Å². The van der Waals surface area contributed by atoms with Crippen LogP contribution >= 0.6 is 11.6 Å². The highest BCUT2D eigenvalue weighted by atomic mass is 35.5. The highest BCUT2D eigenvalue weighted by Gasteiger charge is 2.26. The second kappa shape index (κ2) is 9.22. The molecule has 160 valence electrons. The Hall–Kier alpha value is -2.33. The van der Waals surface area contributed by atoms with E-state index in [1.54, 1.807) is 24.3 Å². The van der Waals surface area contributed by atoms with E-state index < -0.39 is 20.1 Å². The zero-order valence-corrected chi connectivity index (χ0v) is 18.5. The molecule has 3 rings (SSSR count). The Morgan fingerprint density at radius 2 is 1.70 bits per heavy atom. The molecule has 0 aliphatic heterocycles. The van der Waals surface area contributed by atoms with E-state index in [9.17, 15) is 16.8 Å². The zero-order chi connectivity index (χ0) is 21.8. The molecule has 1 aromatic heterocycles. The number of hydrogen-bond donors (Lipinski definition) is 0. The maximum Gasteiger partial charge on any atom is 0.308 e. The molecule has 0 spiro atoms. The van der Waals surface area contributed by atoms with Gasteiger partial charge < -0.3 is 8.60 Å². The Labute approximate surface area is 181 Å². The minimum atomic E-state index is -3.89. The molecule has 0 saturated heterocycles. The Morgan fingerprint density at radius 3 is 2.33 bits per heavy atom. The number of sulfonamides is 1. The molecular formula is C20H20ClNO6S2. The molecule has 10 heteroatoms. The third kappa shape index (κ3) is 5.63. The van der Waals surface area contributed by atoms with Gasteiger partial charge in [0.15, 0.2) is 0 Å². The van der Waals surface area contributed by atoms with E-state index >= 15 is 0 Å². The summed E-state index contributed by atoms with van der Waals surface area (Å²) in [5, 5.41) is 0.425. The molecule has 0 aliphatic carbocycles. The van der Waals surface area contributed by atoms with Crippen molar-refractivity contribution >= 4 is 31.7 Å². The van der Waals surface area contributed by atoms with E-state index in [-0.39, 0.29) is 29.5 Å². The fraction of sp³-hybridized carbons (Fsp3) is 0.200. The van der Waals surface area contributed by atoms with Crippen LogP contribution in [0.25, 0.3) is 0 Å². The average Bonchev–Trinajstić information content (AvgIpc) is 3.21. The van der Waals surface area contributed by atoms with Crippen molar-refractivity contribution in [1.82, 2.24) is 4.31 Å². The van der Waals surface area contributed by atoms with Crippen LogP contribution in [0.5, 0.6) is 5.75 Å². The second-order valence-electron chi connectivity index (χ2n) is 6.38. The fourth-order valence-corrected chi connectivity index (χ4v) is 4.70. The van der Waals surface area contributed by atoms with Crippen molar-refractivity contribution < 1.29 is 25.4 Å². The first-order valence-electron chi connectivity index (χ1n) is 8.99. The first-order chi connectivity index (χ1) is 14.2.